The van der Waals surface area contributed by atoms with Gasteiger partial charge >= 0.3 is 0 Å². The lowest BCUT2D eigenvalue weighted by molar-refractivity contribution is -0.154. The molecule has 0 radical (unpaired) electrons. The van der Waals surface area contributed by atoms with Gasteiger partial charge in [-0.2, -0.15) is 0 Å². The zero-order chi connectivity index (χ0) is 27.9. The van der Waals surface area contributed by atoms with E-state index < -0.39 is 22.5 Å². The number of anilines is 3. The van der Waals surface area contributed by atoms with Crippen LogP contribution < -0.4 is 24.2 Å². The molecule has 6 rings (SSSR count). The summed E-state index contributed by atoms with van der Waals surface area (Å²) in [6.07, 6.45) is -0.587. The van der Waals surface area contributed by atoms with Crippen LogP contribution in [0, 0.1) is 10.8 Å². The number of carbonyl (C=O) groups is 3. The van der Waals surface area contributed by atoms with E-state index >= 15 is 0 Å². The average molecular weight is 526 g/mol. The molecule has 8 nitrogen and oxygen atoms in total. The second kappa shape index (κ2) is 8.09. The van der Waals surface area contributed by atoms with E-state index in [-0.39, 0.29) is 17.7 Å². The summed E-state index contributed by atoms with van der Waals surface area (Å²) >= 11 is 0. The molecule has 0 aliphatic carbocycles. The van der Waals surface area contributed by atoms with Crippen molar-refractivity contribution in [3.05, 3.63) is 78.4 Å². The van der Waals surface area contributed by atoms with E-state index in [9.17, 15) is 14.4 Å². The van der Waals surface area contributed by atoms with Gasteiger partial charge in [-0.3, -0.25) is 29.1 Å². The molecule has 2 fully saturated rings. The first kappa shape index (κ1) is 25.0. The monoisotopic (exact) mass is 525 g/mol. The number of carbonyl (C=O) groups excluding carboxylic acids is 3. The van der Waals surface area contributed by atoms with Gasteiger partial charge in [-0.1, -0.05) is 18.2 Å². The van der Waals surface area contributed by atoms with Crippen molar-refractivity contribution >= 4 is 34.8 Å². The van der Waals surface area contributed by atoms with Gasteiger partial charge in [0.2, 0.25) is 11.8 Å². The Balaban J connectivity index is 1.51. The summed E-state index contributed by atoms with van der Waals surface area (Å²) < 4.78 is 10.6. The maximum atomic E-state index is 14.9. The Morgan fingerprint density at radius 3 is 1.74 bits per heavy atom. The molecule has 3 aliphatic heterocycles. The number of nitrogens with zero attached hydrogens (tertiary/aromatic N) is 3. The number of ether oxygens (including phenoxy) is 2. The summed E-state index contributed by atoms with van der Waals surface area (Å²) in [7, 11) is 3.17. The van der Waals surface area contributed by atoms with Crippen LogP contribution in [0.15, 0.2) is 72.8 Å². The predicted molar refractivity (Wildman–Crippen MR) is 148 cm³/mol. The molecule has 2 atom stereocenters. The van der Waals surface area contributed by atoms with Crippen LogP contribution in [0.2, 0.25) is 0 Å². The standard InChI is InChI=1S/C31H31N3O5/c1-29(2)25(32(26(29)35)19-11-15-21(38-5)16-12-19)33-24-10-8-7-9-23(24)31(28(33)37)30(3,4)27(36)34(31)20-13-17-22(39-6)18-14-20/h7-18,25H,1-6H3/t25-,31-/m1/s1. The van der Waals surface area contributed by atoms with Crippen LogP contribution in [0.4, 0.5) is 17.1 Å². The van der Waals surface area contributed by atoms with Crippen molar-refractivity contribution in [1.82, 2.24) is 0 Å². The number of para-hydroxylation sites is 1. The van der Waals surface area contributed by atoms with Crippen LogP contribution in [0.3, 0.4) is 0 Å². The minimum atomic E-state index is -1.27. The highest BCUT2D eigenvalue weighted by Crippen LogP contribution is 2.64. The molecule has 3 heterocycles. The first-order chi connectivity index (χ1) is 18.5. The van der Waals surface area contributed by atoms with Crippen molar-refractivity contribution in [2.75, 3.05) is 28.9 Å². The van der Waals surface area contributed by atoms with Gasteiger partial charge in [0, 0.05) is 16.9 Å². The molecule has 3 aromatic carbocycles. The highest BCUT2D eigenvalue weighted by molar-refractivity contribution is 6.25. The quantitative estimate of drug-likeness (QED) is 0.451. The number of benzene rings is 3. The first-order valence-electron chi connectivity index (χ1n) is 12.9. The Labute approximate surface area is 227 Å². The zero-order valence-corrected chi connectivity index (χ0v) is 22.9. The normalized spacial score (nSPS) is 24.4. The maximum absolute atomic E-state index is 14.9. The summed E-state index contributed by atoms with van der Waals surface area (Å²) in [5.74, 6) is 0.875. The van der Waals surface area contributed by atoms with E-state index in [2.05, 4.69) is 0 Å². The SMILES string of the molecule is COc1ccc(N2C(=O)C(C)(C)[C@H]2N2C(=O)[C@@]3(c4ccccc42)N(c2ccc(OC)cc2)C(=O)C3(C)C)cc1. The van der Waals surface area contributed by atoms with Crippen molar-refractivity contribution in [3.8, 4) is 11.5 Å². The van der Waals surface area contributed by atoms with Crippen molar-refractivity contribution in [1.29, 1.82) is 0 Å². The lowest BCUT2D eigenvalue weighted by Crippen LogP contribution is -2.80. The smallest absolute Gasteiger partial charge is 0.260 e. The topological polar surface area (TPSA) is 79.4 Å². The average Bonchev–Trinajstić information content (AvgIpc) is 3.21. The van der Waals surface area contributed by atoms with E-state index in [4.69, 9.17) is 9.47 Å². The first-order valence-corrected chi connectivity index (χ1v) is 12.9. The molecule has 3 aliphatic rings. The number of hydrogen-bond donors (Lipinski definition) is 0. The van der Waals surface area contributed by atoms with Crippen LogP contribution in [-0.2, 0) is 19.9 Å². The largest absolute Gasteiger partial charge is 0.497 e. The molecule has 0 aromatic heterocycles. The fourth-order valence-corrected chi connectivity index (χ4v) is 6.53. The molecule has 3 aromatic rings. The minimum Gasteiger partial charge on any atom is -0.497 e. The summed E-state index contributed by atoms with van der Waals surface area (Å²) in [4.78, 5) is 47.1. The van der Waals surface area contributed by atoms with Gasteiger partial charge in [0.25, 0.3) is 5.91 Å². The van der Waals surface area contributed by atoms with Gasteiger partial charge in [0.15, 0.2) is 5.54 Å². The van der Waals surface area contributed by atoms with Gasteiger partial charge in [0.1, 0.15) is 17.7 Å². The number of hydrogen-bond acceptors (Lipinski definition) is 5. The van der Waals surface area contributed by atoms with Gasteiger partial charge in [-0.15, -0.1) is 0 Å². The van der Waals surface area contributed by atoms with E-state index in [1.54, 1.807) is 65.3 Å². The second-order valence-electron chi connectivity index (χ2n) is 11.3. The fraction of sp³-hybridized carbons (Fsp3) is 0.323. The Hall–Kier alpha value is -4.33. The Morgan fingerprint density at radius 2 is 1.18 bits per heavy atom. The molecule has 200 valence electrons. The number of fused-ring (bicyclic) bond motifs is 2. The molecule has 0 N–H and O–H groups in total. The highest BCUT2D eigenvalue weighted by atomic mass is 16.5. The van der Waals surface area contributed by atoms with E-state index in [0.717, 1.165) is 5.56 Å². The van der Waals surface area contributed by atoms with Crippen LogP contribution in [-0.4, -0.2) is 38.1 Å². The molecule has 2 saturated heterocycles. The van der Waals surface area contributed by atoms with E-state index in [1.807, 2.05) is 64.1 Å². The Morgan fingerprint density at radius 1 is 0.641 bits per heavy atom. The Bertz CT molecular complexity index is 1510. The van der Waals surface area contributed by atoms with Crippen molar-refractivity contribution < 1.29 is 23.9 Å². The van der Waals surface area contributed by atoms with Crippen molar-refractivity contribution in [3.63, 3.8) is 0 Å². The molecule has 39 heavy (non-hydrogen) atoms. The van der Waals surface area contributed by atoms with Crippen LogP contribution in [0.25, 0.3) is 0 Å². The molecule has 1 spiro atoms. The van der Waals surface area contributed by atoms with E-state index in [0.29, 0.717) is 28.6 Å². The second-order valence-corrected chi connectivity index (χ2v) is 11.3. The van der Waals surface area contributed by atoms with E-state index in [1.165, 1.54) is 0 Å². The van der Waals surface area contributed by atoms with Gasteiger partial charge in [-0.25, -0.2) is 0 Å². The molecule has 8 heteroatoms. The third-order valence-corrected chi connectivity index (χ3v) is 8.65. The molecule has 3 amide bonds. The van der Waals surface area contributed by atoms with Crippen LogP contribution in [0.1, 0.15) is 33.3 Å². The third-order valence-electron chi connectivity index (χ3n) is 8.65. The number of β-lactam (4-membered cyclic amide) rings is 2. The Kier molecular flexibility index (Phi) is 5.18. The number of methoxy groups -OCH3 is 2. The lowest BCUT2D eigenvalue weighted by atomic mass is 9.59. The summed E-state index contributed by atoms with van der Waals surface area (Å²) in [6, 6.07) is 22.0. The number of amides is 3. The zero-order valence-electron chi connectivity index (χ0n) is 22.9. The lowest BCUT2D eigenvalue weighted by Gasteiger charge is -2.61. The molecule has 0 saturated carbocycles. The molecular formula is C31H31N3O5. The maximum Gasteiger partial charge on any atom is 0.260 e. The van der Waals surface area contributed by atoms with Gasteiger partial charge in [-0.05, 0) is 82.3 Å². The van der Waals surface area contributed by atoms with Crippen molar-refractivity contribution in [2.24, 2.45) is 10.8 Å². The fourth-order valence-electron chi connectivity index (χ4n) is 6.53. The summed E-state index contributed by atoms with van der Waals surface area (Å²) in [5, 5.41) is 0. The minimum absolute atomic E-state index is 0.0835. The number of rotatable bonds is 5. The summed E-state index contributed by atoms with van der Waals surface area (Å²) in [6.45, 7) is 7.37. The molecular weight excluding hydrogens is 494 g/mol. The van der Waals surface area contributed by atoms with Crippen molar-refractivity contribution in [2.45, 2.75) is 39.4 Å². The predicted octanol–water partition coefficient (Wildman–Crippen LogP) is 4.72. The third kappa shape index (κ3) is 2.91. The van der Waals surface area contributed by atoms with Crippen LogP contribution in [0.5, 0.6) is 11.5 Å². The van der Waals surface area contributed by atoms with Gasteiger partial charge in [0.05, 0.1) is 30.7 Å². The molecule has 0 bridgehead atoms. The highest BCUT2D eigenvalue weighted by Gasteiger charge is 2.77. The van der Waals surface area contributed by atoms with Gasteiger partial charge < -0.3 is 9.47 Å². The van der Waals surface area contributed by atoms with Crippen LogP contribution >= 0.6 is 0 Å². The summed E-state index contributed by atoms with van der Waals surface area (Å²) in [5.41, 5.74) is -0.399. The molecule has 0 unspecified atom stereocenters.